The lowest BCUT2D eigenvalue weighted by atomic mass is 9.97. The summed E-state index contributed by atoms with van der Waals surface area (Å²) in [6.45, 7) is 1.72. The molecule has 234 valence electrons. The fourth-order valence-corrected chi connectivity index (χ4v) is 3.88. The van der Waals surface area contributed by atoms with Crippen molar-refractivity contribution in [1.29, 1.82) is 0 Å². The van der Waals surface area contributed by atoms with E-state index >= 15 is 4.39 Å². The van der Waals surface area contributed by atoms with Crippen molar-refractivity contribution < 1.29 is 51.6 Å². The molecular weight excluding hydrogens is 592 g/mol. The third-order valence-electron chi connectivity index (χ3n) is 6.00. The predicted octanol–water partition coefficient (Wildman–Crippen LogP) is 4.02. The number of carbonyl (C=O) groups excluding carboxylic acids is 4. The molecular formula is C29H28F4N4O7. The molecule has 0 aliphatic rings. The highest BCUT2D eigenvalue weighted by Gasteiger charge is 2.43. The molecule has 2 amide bonds. The summed E-state index contributed by atoms with van der Waals surface area (Å²) >= 11 is 0. The number of aromatic hydroxyl groups is 1. The minimum absolute atomic E-state index is 0.0376. The number of phenolic OH excluding ortho intramolecular Hbond substituents is 1. The van der Waals surface area contributed by atoms with Gasteiger partial charge in [0, 0.05) is 30.3 Å². The number of hydrogen-bond donors (Lipinski definition) is 4. The predicted molar refractivity (Wildman–Crippen MR) is 147 cm³/mol. The Kier molecular flexibility index (Phi) is 11.6. The Bertz CT molecular complexity index is 1490. The van der Waals surface area contributed by atoms with Crippen LogP contribution in [-0.2, 0) is 29.0 Å². The first kappa shape index (κ1) is 33.3. The lowest BCUT2D eigenvalue weighted by Gasteiger charge is -2.20. The smallest absolute Gasteiger partial charge is 0.495 e. The number of hydrogen-bond acceptors (Lipinski definition) is 9. The maximum Gasteiger partial charge on any atom is 0.495 e. The minimum Gasteiger partial charge on any atom is -0.504 e. The van der Waals surface area contributed by atoms with E-state index in [0.717, 1.165) is 11.6 Å². The number of nitrogens with zero attached hydrogens (tertiary/aromatic N) is 1. The van der Waals surface area contributed by atoms with E-state index in [-0.39, 0.29) is 12.0 Å². The molecule has 44 heavy (non-hydrogen) atoms. The van der Waals surface area contributed by atoms with Gasteiger partial charge in [-0.3, -0.25) is 9.59 Å². The second kappa shape index (κ2) is 15.3. The summed E-state index contributed by atoms with van der Waals surface area (Å²) in [5.74, 6) is -7.21. The maximum absolute atomic E-state index is 15.3. The van der Waals surface area contributed by atoms with Crippen molar-refractivity contribution in [1.82, 2.24) is 15.6 Å². The summed E-state index contributed by atoms with van der Waals surface area (Å²) < 4.78 is 52.5. The quantitative estimate of drug-likeness (QED) is 0.102. The molecule has 1 heterocycles. The Balaban J connectivity index is 1.64. The van der Waals surface area contributed by atoms with Gasteiger partial charge >= 0.3 is 18.1 Å². The van der Waals surface area contributed by atoms with Gasteiger partial charge in [0.05, 0.1) is 19.0 Å². The molecule has 0 radical (unpaired) electrons. The number of halogens is 4. The summed E-state index contributed by atoms with van der Waals surface area (Å²) in [6.07, 6.45) is -4.40. The van der Waals surface area contributed by atoms with Crippen LogP contribution in [0, 0.1) is 12.7 Å². The fourth-order valence-electron chi connectivity index (χ4n) is 3.88. The van der Waals surface area contributed by atoms with E-state index in [2.05, 4.69) is 30.7 Å². The third kappa shape index (κ3) is 9.96. The van der Waals surface area contributed by atoms with Crippen molar-refractivity contribution in [2.75, 3.05) is 18.4 Å². The Morgan fingerprint density at radius 2 is 1.73 bits per heavy atom. The first-order valence-corrected chi connectivity index (χ1v) is 13.1. The molecule has 11 nitrogen and oxygen atoms in total. The number of amides is 2. The molecule has 0 spiro atoms. The van der Waals surface area contributed by atoms with Crippen LogP contribution in [0.2, 0.25) is 0 Å². The summed E-state index contributed by atoms with van der Waals surface area (Å²) in [7, 11) is 0. The van der Waals surface area contributed by atoms with E-state index in [4.69, 9.17) is 0 Å². The van der Waals surface area contributed by atoms with Crippen molar-refractivity contribution >= 4 is 29.6 Å². The van der Waals surface area contributed by atoms with Crippen molar-refractivity contribution in [3.05, 3.63) is 77.7 Å². The Morgan fingerprint density at radius 1 is 1.00 bits per heavy atom. The largest absolute Gasteiger partial charge is 0.504 e. The van der Waals surface area contributed by atoms with Gasteiger partial charge in [-0.25, -0.2) is 28.7 Å². The number of phenols is 1. The summed E-state index contributed by atoms with van der Waals surface area (Å²) in [5.41, 5.74) is 1.10. The zero-order chi connectivity index (χ0) is 32.3. The normalized spacial score (nSPS) is 11.7. The van der Waals surface area contributed by atoms with Crippen LogP contribution in [-0.4, -0.2) is 53.1 Å². The van der Waals surface area contributed by atoms with Gasteiger partial charge < -0.3 is 21.1 Å². The minimum atomic E-state index is -5.45. The van der Waals surface area contributed by atoms with Gasteiger partial charge in [-0.05, 0) is 36.6 Å². The van der Waals surface area contributed by atoms with Crippen LogP contribution in [0.1, 0.15) is 36.4 Å². The average Bonchev–Trinajstić information content (AvgIpc) is 2.98. The summed E-state index contributed by atoms with van der Waals surface area (Å²) in [4.78, 5) is 59.4. The molecule has 3 rings (SSSR count). The van der Waals surface area contributed by atoms with Gasteiger partial charge in [-0.1, -0.05) is 42.5 Å². The number of aromatic nitrogens is 1. The van der Waals surface area contributed by atoms with Gasteiger partial charge in [0.25, 0.3) is 0 Å². The molecule has 0 saturated carbocycles. The van der Waals surface area contributed by atoms with E-state index in [1.165, 1.54) is 6.07 Å². The van der Waals surface area contributed by atoms with Gasteiger partial charge in [-0.2, -0.15) is 13.2 Å². The zero-order valence-electron chi connectivity index (χ0n) is 23.2. The number of aryl methyl sites for hydroxylation is 1. The highest BCUT2D eigenvalue weighted by atomic mass is 19.4. The Labute approximate surface area is 248 Å². The molecule has 3 aromatic rings. The molecule has 1 aromatic heterocycles. The van der Waals surface area contributed by atoms with Crippen molar-refractivity contribution in [2.24, 2.45) is 0 Å². The highest BCUT2D eigenvalue weighted by molar-refractivity contribution is 5.85. The van der Waals surface area contributed by atoms with Crippen LogP contribution in [0.4, 0.5) is 23.4 Å². The second-order valence-corrected chi connectivity index (χ2v) is 9.40. The fraction of sp³-hybridized carbons (Fsp3) is 0.276. The Morgan fingerprint density at radius 3 is 2.41 bits per heavy atom. The first-order valence-electron chi connectivity index (χ1n) is 13.1. The number of pyridine rings is 1. The van der Waals surface area contributed by atoms with Crippen LogP contribution in [0.3, 0.4) is 0 Å². The molecule has 0 saturated heterocycles. The number of rotatable bonds is 12. The molecule has 1 atom stereocenters. The van der Waals surface area contributed by atoms with Gasteiger partial charge in [0.15, 0.2) is 11.6 Å². The average molecular weight is 621 g/mol. The van der Waals surface area contributed by atoms with Crippen molar-refractivity contribution in [2.45, 2.75) is 38.4 Å². The van der Waals surface area contributed by atoms with E-state index in [1.54, 1.807) is 36.5 Å². The molecule has 0 fully saturated rings. The SMILES string of the molecule is Cc1ccnc(NCCCC(=O)NCC(=O)NC(CC(=O)OOC(=O)C(F)(F)F)c2ccc(-c3ccccc3)c(O)c2F)c1. The highest BCUT2D eigenvalue weighted by Crippen LogP contribution is 2.36. The zero-order valence-corrected chi connectivity index (χ0v) is 23.2. The number of benzene rings is 2. The number of alkyl halides is 3. The van der Waals surface area contributed by atoms with Crippen molar-refractivity contribution in [3.63, 3.8) is 0 Å². The molecule has 2 aromatic carbocycles. The summed E-state index contributed by atoms with van der Waals surface area (Å²) in [5, 5.41) is 18.2. The lowest BCUT2D eigenvalue weighted by molar-refractivity contribution is -0.286. The van der Waals surface area contributed by atoms with Gasteiger partial charge in [0.1, 0.15) is 5.82 Å². The van der Waals surface area contributed by atoms with E-state index in [9.17, 15) is 37.5 Å². The monoisotopic (exact) mass is 620 g/mol. The van der Waals surface area contributed by atoms with E-state index < -0.39 is 66.1 Å². The van der Waals surface area contributed by atoms with Crippen LogP contribution in [0.5, 0.6) is 5.75 Å². The van der Waals surface area contributed by atoms with Crippen LogP contribution >= 0.6 is 0 Å². The molecule has 0 bridgehead atoms. The van der Waals surface area contributed by atoms with Crippen molar-refractivity contribution in [3.8, 4) is 16.9 Å². The second-order valence-electron chi connectivity index (χ2n) is 9.40. The number of carbonyl (C=O) groups is 4. The molecule has 1 unspecified atom stereocenters. The topological polar surface area (TPSA) is 156 Å². The van der Waals surface area contributed by atoms with Crippen LogP contribution in [0.15, 0.2) is 60.8 Å². The van der Waals surface area contributed by atoms with Gasteiger partial charge in [-0.15, -0.1) is 0 Å². The summed E-state index contributed by atoms with van der Waals surface area (Å²) in [6, 6.07) is 12.7. The lowest BCUT2D eigenvalue weighted by Crippen LogP contribution is -2.39. The third-order valence-corrected chi connectivity index (χ3v) is 6.00. The van der Waals surface area contributed by atoms with Gasteiger partial charge in [0.2, 0.25) is 11.8 Å². The van der Waals surface area contributed by atoms with E-state index in [1.807, 2.05) is 19.1 Å². The molecule has 4 N–H and O–H groups in total. The first-order chi connectivity index (χ1) is 20.8. The maximum atomic E-state index is 15.3. The Hall–Kier alpha value is -5.21. The molecule has 15 heteroatoms. The number of nitrogens with one attached hydrogen (secondary N) is 3. The number of anilines is 1. The van der Waals surface area contributed by atoms with Crippen LogP contribution in [0.25, 0.3) is 11.1 Å². The van der Waals surface area contributed by atoms with Crippen LogP contribution < -0.4 is 16.0 Å². The van der Waals surface area contributed by atoms with E-state index in [0.29, 0.717) is 24.3 Å². The molecule has 0 aliphatic carbocycles. The standard InChI is InChI=1S/C29H28F4N4O7/c1-17-11-13-35-22(14-17)34-12-5-8-23(38)36-16-24(39)37-21(15-25(40)43-44-28(42)29(31,32)33)20-10-9-19(27(41)26(20)30)18-6-3-2-4-7-18/h2-4,6-7,9-11,13-14,21,41H,5,8,12,15-16H2,1H3,(H,34,35)(H,36,38)(H,37,39). The molecule has 0 aliphatic heterocycles.